The number of carbonyl (C=O) groups is 1. The van der Waals surface area contributed by atoms with Gasteiger partial charge in [0.25, 0.3) is 17.3 Å². The number of nitro groups is 2. The summed E-state index contributed by atoms with van der Waals surface area (Å²) in [7, 11) is 0. The molecule has 1 aromatic heterocycles. The lowest BCUT2D eigenvalue weighted by Gasteiger charge is -2.14. The first kappa shape index (κ1) is 20.4. The maximum Gasteiger partial charge on any atom is 0.271 e. The highest BCUT2D eigenvalue weighted by molar-refractivity contribution is 8.27. The number of nitrogens with zero attached hydrogens (tertiary/aromatic N) is 4. The number of non-ortho nitro benzene ring substituents is 2. The Morgan fingerprint density at radius 3 is 2.16 bits per heavy atom. The van der Waals surface area contributed by atoms with Crippen LogP contribution in [-0.4, -0.2) is 24.6 Å². The first-order valence-electron chi connectivity index (χ1n) is 8.80. The predicted octanol–water partition coefficient (Wildman–Crippen LogP) is 4.70. The molecule has 11 heteroatoms. The monoisotopic (exact) mass is 452 g/mol. The van der Waals surface area contributed by atoms with Gasteiger partial charge in [0.05, 0.1) is 26.1 Å². The Kier molecular flexibility index (Phi) is 5.36. The van der Waals surface area contributed by atoms with Crippen LogP contribution in [0.1, 0.15) is 5.69 Å². The van der Waals surface area contributed by atoms with E-state index in [4.69, 9.17) is 12.2 Å². The van der Waals surface area contributed by atoms with Gasteiger partial charge < -0.3 is 4.57 Å². The molecule has 0 saturated carbocycles. The molecule has 0 radical (unpaired) electrons. The summed E-state index contributed by atoms with van der Waals surface area (Å²) in [6, 6.07) is 15.4. The molecular formula is C20H12N4O5S2. The third-order valence-electron chi connectivity index (χ3n) is 4.47. The molecule has 4 rings (SSSR count). The molecule has 0 aliphatic carbocycles. The first-order valence-corrected chi connectivity index (χ1v) is 10.0. The fourth-order valence-electron chi connectivity index (χ4n) is 3.07. The second-order valence-electron chi connectivity index (χ2n) is 6.37. The molecule has 154 valence electrons. The molecule has 3 aromatic rings. The summed E-state index contributed by atoms with van der Waals surface area (Å²) >= 11 is 6.41. The minimum Gasteiger partial charge on any atom is -0.317 e. The Labute approximate surface area is 184 Å². The van der Waals surface area contributed by atoms with Gasteiger partial charge >= 0.3 is 0 Å². The van der Waals surface area contributed by atoms with Crippen molar-refractivity contribution in [1.29, 1.82) is 0 Å². The molecule has 2 aromatic carbocycles. The van der Waals surface area contributed by atoms with Gasteiger partial charge in [0.2, 0.25) is 0 Å². The van der Waals surface area contributed by atoms with Gasteiger partial charge in [0, 0.05) is 36.2 Å². The van der Waals surface area contributed by atoms with Crippen LogP contribution in [0.4, 0.5) is 17.1 Å². The molecule has 2 heterocycles. The fourth-order valence-corrected chi connectivity index (χ4v) is 4.36. The van der Waals surface area contributed by atoms with E-state index in [-0.39, 0.29) is 15.7 Å². The summed E-state index contributed by atoms with van der Waals surface area (Å²) in [5.41, 5.74) is 1.32. The number of rotatable bonds is 5. The van der Waals surface area contributed by atoms with Crippen LogP contribution < -0.4 is 4.90 Å². The minimum atomic E-state index is -0.539. The van der Waals surface area contributed by atoms with E-state index in [1.165, 1.54) is 35.2 Å². The van der Waals surface area contributed by atoms with E-state index in [2.05, 4.69) is 0 Å². The number of aromatic nitrogens is 1. The molecule has 1 saturated heterocycles. The molecule has 0 bridgehead atoms. The van der Waals surface area contributed by atoms with E-state index in [0.29, 0.717) is 22.0 Å². The molecule has 31 heavy (non-hydrogen) atoms. The highest BCUT2D eigenvalue weighted by atomic mass is 32.2. The SMILES string of the molecule is O=C1/C(=C\c2cccn2-c2cccc([N+](=O)[O-])c2)SC(=S)N1c1cccc([N+](=O)[O-])c1. The van der Waals surface area contributed by atoms with Crippen LogP contribution in [0.15, 0.2) is 71.8 Å². The van der Waals surface area contributed by atoms with Crippen LogP contribution >= 0.6 is 24.0 Å². The van der Waals surface area contributed by atoms with E-state index < -0.39 is 15.8 Å². The number of hydrogen-bond donors (Lipinski definition) is 0. The minimum absolute atomic E-state index is 0.0471. The van der Waals surface area contributed by atoms with Gasteiger partial charge in [-0.05, 0) is 30.3 Å². The maximum atomic E-state index is 13.0. The Hall–Kier alpha value is -3.83. The number of thiocarbonyl (C=S) groups is 1. The lowest BCUT2D eigenvalue weighted by atomic mass is 10.2. The average molecular weight is 452 g/mol. The third-order valence-corrected chi connectivity index (χ3v) is 5.77. The summed E-state index contributed by atoms with van der Waals surface area (Å²) < 4.78 is 1.97. The predicted molar refractivity (Wildman–Crippen MR) is 121 cm³/mol. The van der Waals surface area contributed by atoms with E-state index in [1.807, 2.05) is 0 Å². The lowest BCUT2D eigenvalue weighted by molar-refractivity contribution is -0.385. The molecule has 0 atom stereocenters. The Bertz CT molecular complexity index is 1280. The number of anilines is 1. The van der Waals surface area contributed by atoms with Crippen LogP contribution in [0.5, 0.6) is 0 Å². The van der Waals surface area contributed by atoms with Crippen molar-refractivity contribution in [1.82, 2.24) is 4.57 Å². The van der Waals surface area contributed by atoms with E-state index in [9.17, 15) is 25.0 Å². The van der Waals surface area contributed by atoms with Crippen molar-refractivity contribution in [3.05, 3.63) is 97.7 Å². The number of hydrogen-bond acceptors (Lipinski definition) is 7. The van der Waals surface area contributed by atoms with Gasteiger partial charge in [-0.3, -0.25) is 29.9 Å². The summed E-state index contributed by atoms with van der Waals surface area (Å²) in [5.74, 6) is -0.401. The summed E-state index contributed by atoms with van der Waals surface area (Å²) in [6.07, 6.45) is 3.36. The summed E-state index contributed by atoms with van der Waals surface area (Å²) in [6.45, 7) is 0. The molecule has 0 unspecified atom stereocenters. The molecule has 1 fully saturated rings. The summed E-state index contributed by atoms with van der Waals surface area (Å²) in [4.78, 5) is 35.7. The van der Waals surface area contributed by atoms with Crippen molar-refractivity contribution in [2.45, 2.75) is 0 Å². The van der Waals surface area contributed by atoms with Crippen LogP contribution in [-0.2, 0) is 4.79 Å². The Morgan fingerprint density at radius 2 is 1.52 bits per heavy atom. The molecule has 1 amide bonds. The highest BCUT2D eigenvalue weighted by Crippen LogP contribution is 2.37. The van der Waals surface area contributed by atoms with Crippen molar-refractivity contribution < 1.29 is 14.6 Å². The van der Waals surface area contributed by atoms with Crippen molar-refractivity contribution in [2.24, 2.45) is 0 Å². The number of amides is 1. The van der Waals surface area contributed by atoms with Crippen LogP contribution in [0.25, 0.3) is 11.8 Å². The topological polar surface area (TPSA) is 112 Å². The van der Waals surface area contributed by atoms with E-state index in [1.54, 1.807) is 47.2 Å². The molecule has 9 nitrogen and oxygen atoms in total. The number of carbonyl (C=O) groups excluding carboxylic acids is 1. The summed E-state index contributed by atoms with van der Waals surface area (Å²) in [5, 5.41) is 22.1. The normalized spacial score (nSPS) is 15.0. The standard InChI is InChI=1S/C20H12N4O5S2/c25-19-18(31-20(30)22(19)15-5-2-7-17(11-15)24(28)29)12-14-8-3-9-21(14)13-4-1-6-16(10-13)23(26)27/h1-12H/b18-12+. The van der Waals surface area contributed by atoms with Crippen LogP contribution in [0.2, 0.25) is 0 Å². The molecule has 1 aliphatic rings. The molecule has 0 N–H and O–H groups in total. The van der Waals surface area contributed by atoms with E-state index in [0.717, 1.165) is 11.8 Å². The smallest absolute Gasteiger partial charge is 0.271 e. The van der Waals surface area contributed by atoms with E-state index >= 15 is 0 Å². The zero-order chi connectivity index (χ0) is 22.1. The van der Waals surface area contributed by atoms with Gasteiger partial charge in [-0.1, -0.05) is 36.1 Å². The molecule has 0 spiro atoms. The van der Waals surface area contributed by atoms with Gasteiger partial charge in [-0.25, -0.2) is 0 Å². The van der Waals surface area contributed by atoms with Gasteiger partial charge in [0.15, 0.2) is 4.32 Å². The number of nitro benzene ring substituents is 2. The Morgan fingerprint density at radius 1 is 0.903 bits per heavy atom. The fraction of sp³-hybridized carbons (Fsp3) is 0. The van der Waals surface area contributed by atoms with Crippen LogP contribution in [0.3, 0.4) is 0 Å². The van der Waals surface area contributed by atoms with Crippen molar-refractivity contribution in [3.8, 4) is 5.69 Å². The third kappa shape index (κ3) is 3.96. The number of benzene rings is 2. The maximum absolute atomic E-state index is 13.0. The second kappa shape index (κ2) is 8.13. The van der Waals surface area contributed by atoms with Crippen LogP contribution in [0, 0.1) is 20.2 Å². The van der Waals surface area contributed by atoms with Crippen molar-refractivity contribution >= 4 is 57.3 Å². The second-order valence-corrected chi connectivity index (χ2v) is 8.05. The zero-order valence-electron chi connectivity index (χ0n) is 15.6. The van der Waals surface area contributed by atoms with Crippen molar-refractivity contribution in [2.75, 3.05) is 4.90 Å². The lowest BCUT2D eigenvalue weighted by Crippen LogP contribution is -2.27. The van der Waals surface area contributed by atoms with Gasteiger partial charge in [0.1, 0.15) is 0 Å². The van der Waals surface area contributed by atoms with Gasteiger partial charge in [-0.2, -0.15) is 0 Å². The molecule has 1 aliphatic heterocycles. The Balaban J connectivity index is 1.68. The first-order chi connectivity index (χ1) is 14.8. The highest BCUT2D eigenvalue weighted by Gasteiger charge is 2.34. The number of thioether (sulfide) groups is 1. The quantitative estimate of drug-likeness (QED) is 0.239. The largest absolute Gasteiger partial charge is 0.317 e. The average Bonchev–Trinajstić information content (AvgIpc) is 3.32. The van der Waals surface area contributed by atoms with Crippen molar-refractivity contribution in [3.63, 3.8) is 0 Å². The molecular weight excluding hydrogens is 440 g/mol. The van der Waals surface area contributed by atoms with Gasteiger partial charge in [-0.15, -0.1) is 0 Å². The zero-order valence-corrected chi connectivity index (χ0v) is 17.2.